The van der Waals surface area contributed by atoms with Crippen molar-refractivity contribution < 1.29 is 14.6 Å². The van der Waals surface area contributed by atoms with Crippen LogP contribution in [-0.2, 0) is 4.74 Å². The average Bonchev–Trinajstić information content (AvgIpc) is 3.01. The van der Waals surface area contributed by atoms with Crippen molar-refractivity contribution in [1.82, 2.24) is 5.32 Å². The van der Waals surface area contributed by atoms with Gasteiger partial charge < -0.3 is 15.2 Å². The van der Waals surface area contributed by atoms with E-state index in [-0.39, 0.29) is 12.5 Å². The zero-order valence-corrected chi connectivity index (χ0v) is 15.4. The smallest absolute Gasteiger partial charge is 0.407 e. The lowest BCUT2D eigenvalue weighted by Crippen LogP contribution is -2.53. The minimum Gasteiger partial charge on any atom is -0.449 e. The number of nitrogens with one attached hydrogen (secondary N) is 1. The van der Waals surface area contributed by atoms with Crippen molar-refractivity contribution in [2.45, 2.75) is 24.3 Å². The van der Waals surface area contributed by atoms with Gasteiger partial charge in [-0.3, -0.25) is 0 Å². The molecule has 1 heterocycles. The number of hydrogen-bond acceptors (Lipinski definition) is 4. The Labute approximate surface area is 158 Å². The summed E-state index contributed by atoms with van der Waals surface area (Å²) in [4.78, 5) is 12.4. The number of carbonyl (C=O) groups is 1. The molecule has 4 rings (SSSR count). The molecule has 26 heavy (non-hydrogen) atoms. The standard InChI is InChI=1S/C21H23NO3S/c23-14-21(9-11-26-12-10-21)22-20(24)25-13-19-17-7-3-1-5-15(17)16-6-2-4-8-18(16)19/h1-8,19,23H,9-14H2,(H,22,24). The van der Waals surface area contributed by atoms with Crippen molar-refractivity contribution >= 4 is 17.9 Å². The van der Waals surface area contributed by atoms with E-state index in [4.69, 9.17) is 4.74 Å². The van der Waals surface area contributed by atoms with E-state index in [1.807, 2.05) is 36.0 Å². The van der Waals surface area contributed by atoms with Gasteiger partial charge in [0.2, 0.25) is 0 Å². The molecule has 0 atom stereocenters. The molecule has 2 aliphatic rings. The molecule has 4 nitrogen and oxygen atoms in total. The van der Waals surface area contributed by atoms with Gasteiger partial charge in [0.05, 0.1) is 12.1 Å². The van der Waals surface area contributed by atoms with E-state index in [1.54, 1.807) is 0 Å². The number of carbonyl (C=O) groups excluding carboxylic acids is 1. The van der Waals surface area contributed by atoms with Gasteiger partial charge in [-0.05, 0) is 46.6 Å². The Kier molecular flexibility index (Phi) is 4.92. The molecule has 1 aliphatic carbocycles. The van der Waals surface area contributed by atoms with E-state index in [1.165, 1.54) is 22.3 Å². The molecule has 1 amide bonds. The number of thioether (sulfide) groups is 1. The monoisotopic (exact) mass is 369 g/mol. The summed E-state index contributed by atoms with van der Waals surface area (Å²) in [6.07, 6.45) is 1.12. The van der Waals surface area contributed by atoms with E-state index >= 15 is 0 Å². The quantitative estimate of drug-likeness (QED) is 0.861. The molecule has 1 saturated heterocycles. The van der Waals surface area contributed by atoms with Crippen LogP contribution >= 0.6 is 11.8 Å². The number of hydrogen-bond donors (Lipinski definition) is 2. The first-order valence-corrected chi connectivity index (χ1v) is 10.2. The molecule has 2 N–H and O–H groups in total. The highest BCUT2D eigenvalue weighted by Crippen LogP contribution is 2.44. The van der Waals surface area contributed by atoms with Crippen LogP contribution in [0, 0.1) is 0 Å². The number of alkyl carbamates (subject to hydrolysis) is 1. The molecule has 2 aromatic rings. The van der Waals surface area contributed by atoms with Crippen molar-refractivity contribution in [2.24, 2.45) is 0 Å². The Bertz CT molecular complexity index is 756. The molecule has 0 radical (unpaired) electrons. The Morgan fingerprint density at radius 1 is 1.08 bits per heavy atom. The minimum absolute atomic E-state index is 0.0439. The van der Waals surface area contributed by atoms with Gasteiger partial charge in [0.1, 0.15) is 6.61 Å². The van der Waals surface area contributed by atoms with Gasteiger partial charge in [-0.25, -0.2) is 4.79 Å². The number of amides is 1. The molecular weight excluding hydrogens is 346 g/mol. The highest BCUT2D eigenvalue weighted by molar-refractivity contribution is 7.99. The van der Waals surface area contributed by atoms with Crippen molar-refractivity contribution in [2.75, 3.05) is 24.7 Å². The van der Waals surface area contributed by atoms with Gasteiger partial charge in [-0.2, -0.15) is 11.8 Å². The Morgan fingerprint density at radius 2 is 1.65 bits per heavy atom. The molecule has 0 unspecified atom stereocenters. The maximum absolute atomic E-state index is 12.4. The maximum atomic E-state index is 12.4. The van der Waals surface area contributed by atoms with Crippen LogP contribution in [0.25, 0.3) is 11.1 Å². The summed E-state index contributed by atoms with van der Waals surface area (Å²) in [7, 11) is 0. The van der Waals surface area contributed by atoms with Gasteiger partial charge in [0, 0.05) is 5.92 Å². The number of benzene rings is 2. The van der Waals surface area contributed by atoms with Crippen molar-refractivity contribution in [3.8, 4) is 11.1 Å². The second-order valence-corrected chi connectivity index (χ2v) is 8.23. The predicted octanol–water partition coefficient (Wildman–Crippen LogP) is 3.78. The van der Waals surface area contributed by atoms with Crippen LogP contribution in [0.5, 0.6) is 0 Å². The molecule has 2 aromatic carbocycles. The Morgan fingerprint density at radius 3 is 2.23 bits per heavy atom. The molecular formula is C21H23NO3S. The highest BCUT2D eigenvalue weighted by Gasteiger charge is 2.35. The van der Waals surface area contributed by atoms with Gasteiger partial charge >= 0.3 is 6.09 Å². The first-order valence-electron chi connectivity index (χ1n) is 9.04. The number of aliphatic hydroxyl groups is 1. The van der Waals surface area contributed by atoms with Crippen LogP contribution in [0.1, 0.15) is 29.9 Å². The van der Waals surface area contributed by atoms with Gasteiger partial charge in [-0.1, -0.05) is 48.5 Å². The molecule has 0 spiro atoms. The number of aliphatic hydroxyl groups excluding tert-OH is 1. The van der Waals surface area contributed by atoms with E-state index in [2.05, 4.69) is 29.6 Å². The number of rotatable bonds is 4. The topological polar surface area (TPSA) is 58.6 Å². The summed E-state index contributed by atoms with van der Waals surface area (Å²) in [5.74, 6) is 1.95. The van der Waals surface area contributed by atoms with E-state index in [0.717, 1.165) is 24.3 Å². The fourth-order valence-corrected chi connectivity index (χ4v) is 5.21. The van der Waals surface area contributed by atoms with Crippen LogP contribution in [0.3, 0.4) is 0 Å². The largest absolute Gasteiger partial charge is 0.449 e. The summed E-state index contributed by atoms with van der Waals surface area (Å²) < 4.78 is 5.60. The summed E-state index contributed by atoms with van der Waals surface area (Å²) in [5.41, 5.74) is 4.30. The Hall–Kier alpha value is -1.98. The third-order valence-electron chi connectivity index (χ3n) is 5.46. The summed E-state index contributed by atoms with van der Waals surface area (Å²) in [6, 6.07) is 16.6. The summed E-state index contributed by atoms with van der Waals surface area (Å²) in [5, 5.41) is 12.7. The third-order valence-corrected chi connectivity index (χ3v) is 6.45. The first kappa shape index (κ1) is 17.4. The van der Waals surface area contributed by atoms with E-state index in [9.17, 15) is 9.90 Å². The Balaban J connectivity index is 1.47. The number of fused-ring (bicyclic) bond motifs is 3. The van der Waals surface area contributed by atoms with Gasteiger partial charge in [0.15, 0.2) is 0 Å². The van der Waals surface area contributed by atoms with Crippen LogP contribution in [-0.4, -0.2) is 41.5 Å². The molecule has 0 saturated carbocycles. The summed E-state index contributed by atoms with van der Waals surface area (Å²) in [6.45, 7) is 0.258. The van der Waals surface area contributed by atoms with Crippen LogP contribution in [0.4, 0.5) is 4.79 Å². The van der Waals surface area contributed by atoms with E-state index in [0.29, 0.717) is 6.61 Å². The average molecular weight is 369 g/mol. The van der Waals surface area contributed by atoms with Crippen molar-refractivity contribution in [3.63, 3.8) is 0 Å². The highest BCUT2D eigenvalue weighted by atomic mass is 32.2. The van der Waals surface area contributed by atoms with Crippen LogP contribution < -0.4 is 5.32 Å². The fraction of sp³-hybridized carbons (Fsp3) is 0.381. The summed E-state index contributed by atoms with van der Waals surface area (Å²) >= 11 is 1.85. The fourth-order valence-electron chi connectivity index (χ4n) is 3.94. The number of ether oxygens (including phenoxy) is 1. The van der Waals surface area contributed by atoms with Crippen molar-refractivity contribution in [3.05, 3.63) is 59.7 Å². The normalized spacial score (nSPS) is 18.0. The second kappa shape index (κ2) is 7.33. The molecule has 1 fully saturated rings. The molecule has 0 bridgehead atoms. The first-order chi connectivity index (χ1) is 12.7. The lowest BCUT2D eigenvalue weighted by atomic mass is 9.93. The van der Waals surface area contributed by atoms with E-state index < -0.39 is 11.6 Å². The predicted molar refractivity (Wildman–Crippen MR) is 105 cm³/mol. The van der Waals surface area contributed by atoms with Crippen LogP contribution in [0.15, 0.2) is 48.5 Å². The molecule has 1 aliphatic heterocycles. The van der Waals surface area contributed by atoms with Gasteiger partial charge in [0.25, 0.3) is 0 Å². The lowest BCUT2D eigenvalue weighted by Gasteiger charge is -2.35. The zero-order valence-electron chi connectivity index (χ0n) is 14.6. The van der Waals surface area contributed by atoms with Crippen LogP contribution in [0.2, 0.25) is 0 Å². The second-order valence-electron chi connectivity index (χ2n) is 7.00. The molecule has 136 valence electrons. The minimum atomic E-state index is -0.534. The third kappa shape index (κ3) is 3.21. The van der Waals surface area contributed by atoms with Gasteiger partial charge in [-0.15, -0.1) is 0 Å². The SMILES string of the molecule is O=C(NC1(CO)CCSCC1)OCC1c2ccccc2-c2ccccc21. The zero-order chi connectivity index (χ0) is 18.0. The van der Waals surface area contributed by atoms with Crippen molar-refractivity contribution in [1.29, 1.82) is 0 Å². The lowest BCUT2D eigenvalue weighted by molar-refractivity contribution is 0.105. The maximum Gasteiger partial charge on any atom is 0.407 e. The molecule has 5 heteroatoms. The molecule has 0 aromatic heterocycles.